The van der Waals surface area contributed by atoms with Crippen LogP contribution >= 0.6 is 0 Å². The van der Waals surface area contributed by atoms with E-state index in [1.807, 2.05) is 0 Å². The number of alkyl halides is 3. The lowest BCUT2D eigenvalue weighted by Crippen LogP contribution is -2.36. The van der Waals surface area contributed by atoms with E-state index in [2.05, 4.69) is 5.32 Å². The maximum absolute atomic E-state index is 13.2. The third-order valence-electron chi connectivity index (χ3n) is 2.30. The van der Waals surface area contributed by atoms with Gasteiger partial charge in [0.25, 0.3) is 5.91 Å². The van der Waals surface area contributed by atoms with Gasteiger partial charge in [-0.3, -0.25) is 9.59 Å². The SMILES string of the molecule is O=C(CCNC(=O)c1ccc(F)cc1F)NCC(F)(F)F. The average molecular weight is 310 g/mol. The quantitative estimate of drug-likeness (QED) is 0.814. The molecule has 0 spiro atoms. The third-order valence-corrected chi connectivity index (χ3v) is 2.30. The molecule has 1 aromatic rings. The molecule has 0 bridgehead atoms. The van der Waals surface area contributed by atoms with E-state index >= 15 is 0 Å². The van der Waals surface area contributed by atoms with E-state index < -0.39 is 48.2 Å². The summed E-state index contributed by atoms with van der Waals surface area (Å²) in [6.45, 7) is -1.74. The number of halogens is 5. The highest BCUT2D eigenvalue weighted by molar-refractivity contribution is 5.94. The van der Waals surface area contributed by atoms with E-state index in [-0.39, 0.29) is 6.54 Å². The van der Waals surface area contributed by atoms with Crippen LogP contribution in [0.1, 0.15) is 16.8 Å². The van der Waals surface area contributed by atoms with Crippen LogP contribution in [0.5, 0.6) is 0 Å². The third kappa shape index (κ3) is 6.19. The number of nitrogens with one attached hydrogen (secondary N) is 2. The van der Waals surface area contributed by atoms with Crippen molar-refractivity contribution < 1.29 is 31.5 Å². The van der Waals surface area contributed by atoms with Gasteiger partial charge in [0.2, 0.25) is 5.91 Å². The molecule has 0 aliphatic rings. The van der Waals surface area contributed by atoms with Gasteiger partial charge in [0, 0.05) is 19.0 Å². The fourth-order valence-electron chi connectivity index (χ4n) is 1.35. The summed E-state index contributed by atoms with van der Waals surface area (Å²) in [4.78, 5) is 22.5. The van der Waals surface area contributed by atoms with E-state index in [0.29, 0.717) is 6.07 Å². The first-order chi connectivity index (χ1) is 9.69. The van der Waals surface area contributed by atoms with Gasteiger partial charge in [0.15, 0.2) is 0 Å². The maximum atomic E-state index is 13.2. The van der Waals surface area contributed by atoms with Gasteiger partial charge in [-0.15, -0.1) is 0 Å². The molecule has 21 heavy (non-hydrogen) atoms. The van der Waals surface area contributed by atoms with Crippen molar-refractivity contribution in [3.05, 3.63) is 35.4 Å². The number of benzene rings is 1. The van der Waals surface area contributed by atoms with Gasteiger partial charge in [-0.25, -0.2) is 8.78 Å². The van der Waals surface area contributed by atoms with Gasteiger partial charge in [-0.2, -0.15) is 13.2 Å². The number of rotatable bonds is 5. The summed E-state index contributed by atoms with van der Waals surface area (Å²) >= 11 is 0. The number of hydrogen-bond acceptors (Lipinski definition) is 2. The monoisotopic (exact) mass is 310 g/mol. The standard InChI is InChI=1S/C12H11F5N2O2/c13-7-1-2-8(9(14)5-7)11(21)18-4-3-10(20)19-6-12(15,16)17/h1-2,5H,3-4,6H2,(H,18,21)(H,19,20). The van der Waals surface area contributed by atoms with E-state index in [1.165, 1.54) is 0 Å². The normalized spacial score (nSPS) is 11.1. The fourth-order valence-corrected chi connectivity index (χ4v) is 1.35. The Hall–Kier alpha value is -2.19. The molecule has 116 valence electrons. The van der Waals surface area contributed by atoms with E-state index in [4.69, 9.17) is 0 Å². The highest BCUT2D eigenvalue weighted by Crippen LogP contribution is 2.12. The fraction of sp³-hybridized carbons (Fsp3) is 0.333. The number of amides is 2. The Labute approximate surface area is 116 Å². The Morgan fingerprint density at radius 3 is 2.33 bits per heavy atom. The molecule has 0 fully saturated rings. The lowest BCUT2D eigenvalue weighted by molar-refractivity contribution is -0.138. The molecule has 0 saturated carbocycles. The van der Waals surface area contributed by atoms with Crippen LogP contribution < -0.4 is 10.6 Å². The molecule has 1 aromatic carbocycles. The van der Waals surface area contributed by atoms with Crippen LogP contribution in [0.3, 0.4) is 0 Å². The van der Waals surface area contributed by atoms with E-state index in [1.54, 1.807) is 5.32 Å². The van der Waals surface area contributed by atoms with Gasteiger partial charge < -0.3 is 10.6 Å². The van der Waals surface area contributed by atoms with Gasteiger partial charge in [-0.05, 0) is 12.1 Å². The Bertz CT molecular complexity index is 531. The molecule has 4 nitrogen and oxygen atoms in total. The Balaban J connectivity index is 2.38. The van der Waals surface area contributed by atoms with Crippen molar-refractivity contribution in [2.45, 2.75) is 12.6 Å². The smallest absolute Gasteiger partial charge is 0.351 e. The first kappa shape index (κ1) is 16.9. The number of carbonyl (C=O) groups is 2. The second-order valence-corrected chi connectivity index (χ2v) is 4.02. The van der Waals surface area contributed by atoms with Gasteiger partial charge in [0.05, 0.1) is 5.56 Å². The minimum atomic E-state index is -4.52. The summed E-state index contributed by atoms with van der Waals surface area (Å²) in [6.07, 6.45) is -4.92. The zero-order chi connectivity index (χ0) is 16.0. The molecule has 0 heterocycles. The number of hydrogen-bond donors (Lipinski definition) is 2. The second kappa shape index (κ2) is 7.00. The van der Waals surface area contributed by atoms with Gasteiger partial charge in [-0.1, -0.05) is 0 Å². The minimum Gasteiger partial charge on any atom is -0.351 e. The first-order valence-corrected chi connectivity index (χ1v) is 5.76. The topological polar surface area (TPSA) is 58.2 Å². The zero-order valence-corrected chi connectivity index (χ0v) is 10.6. The molecule has 0 atom stereocenters. The van der Waals surface area contributed by atoms with Crippen molar-refractivity contribution in [2.75, 3.05) is 13.1 Å². The van der Waals surface area contributed by atoms with Crippen molar-refractivity contribution >= 4 is 11.8 Å². The molecule has 2 amide bonds. The van der Waals surface area contributed by atoms with Crippen LogP contribution in [0.4, 0.5) is 22.0 Å². The minimum absolute atomic E-state index is 0.278. The lowest BCUT2D eigenvalue weighted by Gasteiger charge is -2.09. The van der Waals surface area contributed by atoms with Crippen LogP contribution in [0.25, 0.3) is 0 Å². The van der Waals surface area contributed by atoms with Crippen molar-refractivity contribution in [2.24, 2.45) is 0 Å². The van der Waals surface area contributed by atoms with Crippen molar-refractivity contribution in [1.82, 2.24) is 10.6 Å². The number of carbonyl (C=O) groups excluding carboxylic acids is 2. The highest BCUT2D eigenvalue weighted by atomic mass is 19.4. The van der Waals surface area contributed by atoms with E-state index in [0.717, 1.165) is 12.1 Å². The van der Waals surface area contributed by atoms with Crippen LogP contribution in [0.2, 0.25) is 0 Å². The molecule has 0 unspecified atom stereocenters. The summed E-state index contributed by atoms with van der Waals surface area (Å²) in [7, 11) is 0. The molecule has 9 heteroatoms. The van der Waals surface area contributed by atoms with Crippen molar-refractivity contribution in [3.63, 3.8) is 0 Å². The maximum Gasteiger partial charge on any atom is 0.405 e. The summed E-state index contributed by atoms with van der Waals surface area (Å²) in [6, 6.07) is 2.32. The Kier molecular flexibility index (Phi) is 5.62. The molecule has 0 aromatic heterocycles. The van der Waals surface area contributed by atoms with Crippen LogP contribution in [-0.4, -0.2) is 31.1 Å². The molecule has 0 saturated heterocycles. The molecule has 1 rings (SSSR count). The molecular weight excluding hydrogens is 299 g/mol. The molecular formula is C12H11F5N2O2. The summed E-state index contributed by atoms with van der Waals surface area (Å²) in [5.41, 5.74) is -0.424. The van der Waals surface area contributed by atoms with Crippen molar-refractivity contribution in [3.8, 4) is 0 Å². The largest absolute Gasteiger partial charge is 0.405 e. The molecule has 0 aliphatic carbocycles. The second-order valence-electron chi connectivity index (χ2n) is 4.02. The zero-order valence-electron chi connectivity index (χ0n) is 10.6. The van der Waals surface area contributed by atoms with E-state index in [9.17, 15) is 31.5 Å². The lowest BCUT2D eigenvalue weighted by atomic mass is 10.2. The summed E-state index contributed by atoms with van der Waals surface area (Å²) in [5.74, 6) is -3.73. The van der Waals surface area contributed by atoms with Gasteiger partial charge >= 0.3 is 6.18 Å². The first-order valence-electron chi connectivity index (χ1n) is 5.76. The van der Waals surface area contributed by atoms with Crippen LogP contribution in [0, 0.1) is 11.6 Å². The van der Waals surface area contributed by atoms with Crippen molar-refractivity contribution in [1.29, 1.82) is 0 Å². The van der Waals surface area contributed by atoms with Crippen LogP contribution in [-0.2, 0) is 4.79 Å². The predicted octanol–water partition coefficient (Wildman–Crippen LogP) is 1.76. The van der Waals surface area contributed by atoms with Crippen LogP contribution in [0.15, 0.2) is 18.2 Å². The van der Waals surface area contributed by atoms with Gasteiger partial charge in [0.1, 0.15) is 18.2 Å². The molecule has 2 N–H and O–H groups in total. The predicted molar refractivity (Wildman–Crippen MR) is 62.4 cm³/mol. The Morgan fingerprint density at radius 1 is 1.10 bits per heavy atom. The summed E-state index contributed by atoms with van der Waals surface area (Å²) < 4.78 is 61.3. The summed E-state index contributed by atoms with van der Waals surface area (Å²) in [5, 5.41) is 3.76. The Morgan fingerprint density at radius 2 is 1.76 bits per heavy atom. The molecule has 0 aliphatic heterocycles. The average Bonchev–Trinajstić information content (AvgIpc) is 2.35. The molecule has 0 radical (unpaired) electrons. The highest BCUT2D eigenvalue weighted by Gasteiger charge is 2.27.